The second-order valence-corrected chi connectivity index (χ2v) is 10.8. The largest absolute Gasteiger partial charge is 0.497 e. The number of hydrogen-bond donors (Lipinski definition) is 1. The molecule has 1 aliphatic rings. The Hall–Kier alpha value is -2.16. The molecule has 2 atom stereocenters. The van der Waals surface area contributed by atoms with Crippen molar-refractivity contribution in [3.05, 3.63) is 52.6 Å². The van der Waals surface area contributed by atoms with Crippen molar-refractivity contribution < 1.29 is 19.0 Å². The van der Waals surface area contributed by atoms with Crippen molar-refractivity contribution in [1.82, 2.24) is 9.88 Å². The molecular weight excluding hydrogens is 471 g/mol. The zero-order valence-corrected chi connectivity index (χ0v) is 21.0. The van der Waals surface area contributed by atoms with Gasteiger partial charge in [-0.05, 0) is 79.3 Å². The van der Waals surface area contributed by atoms with Crippen LogP contribution in [0.5, 0.6) is 5.75 Å². The Morgan fingerprint density at radius 2 is 2.24 bits per heavy atom. The van der Waals surface area contributed by atoms with Crippen molar-refractivity contribution in [2.75, 3.05) is 32.5 Å². The number of aromatic nitrogens is 1. The van der Waals surface area contributed by atoms with Gasteiger partial charge in [0.25, 0.3) is 0 Å². The molecule has 34 heavy (non-hydrogen) atoms. The number of thiophene rings is 1. The molecule has 1 aromatic carbocycles. The SMILES string of the molecule is COc1ccc2ncc(F)c(CCCC3CCN(CCSc4ccsc4)CC3CC(=O)O)c2c1. The predicted octanol–water partition coefficient (Wildman–Crippen LogP) is 5.97. The highest BCUT2D eigenvalue weighted by molar-refractivity contribution is 7.99. The smallest absolute Gasteiger partial charge is 0.303 e. The lowest BCUT2D eigenvalue weighted by atomic mass is 9.80. The van der Waals surface area contributed by atoms with Crippen LogP contribution in [0.25, 0.3) is 10.9 Å². The van der Waals surface area contributed by atoms with E-state index >= 15 is 0 Å². The van der Waals surface area contributed by atoms with Crippen LogP contribution in [0.2, 0.25) is 0 Å². The number of ether oxygens (including phenoxy) is 1. The van der Waals surface area contributed by atoms with Crippen LogP contribution < -0.4 is 4.74 Å². The molecule has 0 amide bonds. The maximum Gasteiger partial charge on any atom is 0.303 e. The number of carboxylic acid groups (broad SMARTS) is 1. The van der Waals surface area contributed by atoms with E-state index in [0.717, 1.165) is 55.6 Å². The van der Waals surface area contributed by atoms with E-state index in [1.54, 1.807) is 18.4 Å². The Labute approximate surface area is 208 Å². The van der Waals surface area contributed by atoms with Gasteiger partial charge in [-0.1, -0.05) is 0 Å². The summed E-state index contributed by atoms with van der Waals surface area (Å²) in [7, 11) is 1.60. The Bertz CT molecular complexity index is 1090. The summed E-state index contributed by atoms with van der Waals surface area (Å²) in [5.74, 6) is 1.16. The normalized spacial score (nSPS) is 18.9. The molecule has 1 aliphatic heterocycles. The lowest BCUT2D eigenvalue weighted by molar-refractivity contribution is -0.139. The number of hydrogen-bond acceptors (Lipinski definition) is 6. The molecule has 0 radical (unpaired) electrons. The summed E-state index contributed by atoms with van der Waals surface area (Å²) in [4.78, 5) is 19.5. The van der Waals surface area contributed by atoms with Gasteiger partial charge in [0.15, 0.2) is 0 Å². The molecule has 1 N–H and O–H groups in total. The van der Waals surface area contributed by atoms with E-state index in [-0.39, 0.29) is 18.2 Å². The lowest BCUT2D eigenvalue weighted by Crippen LogP contribution is -2.42. The molecule has 3 aromatic rings. The summed E-state index contributed by atoms with van der Waals surface area (Å²) in [6, 6.07) is 7.67. The number of fused-ring (bicyclic) bond motifs is 1. The van der Waals surface area contributed by atoms with Gasteiger partial charge in [0.1, 0.15) is 11.6 Å². The van der Waals surface area contributed by atoms with Crippen molar-refractivity contribution in [2.24, 2.45) is 11.8 Å². The van der Waals surface area contributed by atoms with Crippen LogP contribution >= 0.6 is 23.1 Å². The van der Waals surface area contributed by atoms with Gasteiger partial charge >= 0.3 is 5.97 Å². The fourth-order valence-corrected chi connectivity index (χ4v) is 6.74. The number of rotatable bonds is 11. The quantitative estimate of drug-likeness (QED) is 0.326. The van der Waals surface area contributed by atoms with Crippen molar-refractivity contribution >= 4 is 40.0 Å². The minimum atomic E-state index is -0.734. The van der Waals surface area contributed by atoms with E-state index in [2.05, 4.69) is 26.7 Å². The minimum absolute atomic E-state index is 0.136. The first kappa shape index (κ1) is 24.9. The van der Waals surface area contributed by atoms with Gasteiger partial charge in [-0.15, -0.1) is 11.8 Å². The minimum Gasteiger partial charge on any atom is -0.497 e. The zero-order valence-electron chi connectivity index (χ0n) is 19.4. The highest BCUT2D eigenvalue weighted by Gasteiger charge is 2.30. The molecule has 3 heterocycles. The van der Waals surface area contributed by atoms with Gasteiger partial charge in [-0.2, -0.15) is 11.3 Å². The maximum absolute atomic E-state index is 14.7. The molecule has 2 unspecified atom stereocenters. The monoisotopic (exact) mass is 502 g/mol. The number of carbonyl (C=O) groups is 1. The highest BCUT2D eigenvalue weighted by Crippen LogP contribution is 2.32. The summed E-state index contributed by atoms with van der Waals surface area (Å²) >= 11 is 3.57. The van der Waals surface area contributed by atoms with E-state index in [1.807, 2.05) is 30.0 Å². The van der Waals surface area contributed by atoms with Crippen LogP contribution in [0.1, 0.15) is 31.2 Å². The van der Waals surface area contributed by atoms with Gasteiger partial charge in [-0.25, -0.2) is 4.39 Å². The lowest BCUT2D eigenvalue weighted by Gasteiger charge is -2.38. The average Bonchev–Trinajstić information content (AvgIpc) is 3.34. The summed E-state index contributed by atoms with van der Waals surface area (Å²) in [5, 5.41) is 14.5. The highest BCUT2D eigenvalue weighted by atomic mass is 32.2. The van der Waals surface area contributed by atoms with E-state index in [0.29, 0.717) is 23.7 Å². The van der Waals surface area contributed by atoms with Gasteiger partial charge < -0.3 is 14.7 Å². The number of nitrogens with zero attached hydrogens (tertiary/aromatic N) is 2. The first-order valence-corrected chi connectivity index (χ1v) is 13.7. The Morgan fingerprint density at radius 3 is 3.00 bits per heavy atom. The van der Waals surface area contributed by atoms with Crippen molar-refractivity contribution in [2.45, 2.75) is 37.0 Å². The van der Waals surface area contributed by atoms with Crippen LogP contribution in [0.3, 0.4) is 0 Å². The topological polar surface area (TPSA) is 62.7 Å². The van der Waals surface area contributed by atoms with Gasteiger partial charge in [0, 0.05) is 40.9 Å². The average molecular weight is 503 g/mol. The number of aryl methyl sites for hydroxylation is 1. The summed E-state index contributed by atoms with van der Waals surface area (Å²) in [5.41, 5.74) is 1.43. The van der Waals surface area contributed by atoms with Crippen molar-refractivity contribution in [3.63, 3.8) is 0 Å². The molecule has 0 saturated carbocycles. The van der Waals surface area contributed by atoms with E-state index in [1.165, 1.54) is 11.1 Å². The van der Waals surface area contributed by atoms with Crippen molar-refractivity contribution in [1.29, 1.82) is 0 Å². The molecule has 2 aromatic heterocycles. The molecule has 4 rings (SSSR count). The summed E-state index contributed by atoms with van der Waals surface area (Å²) in [6.07, 6.45) is 4.82. The van der Waals surface area contributed by atoms with Gasteiger partial charge in [0.05, 0.1) is 18.8 Å². The molecule has 0 bridgehead atoms. The summed E-state index contributed by atoms with van der Waals surface area (Å²) < 4.78 is 20.0. The molecule has 0 spiro atoms. The number of likely N-dealkylation sites (tertiary alicyclic amines) is 1. The van der Waals surface area contributed by atoms with E-state index in [4.69, 9.17) is 4.74 Å². The molecule has 1 fully saturated rings. The van der Waals surface area contributed by atoms with Crippen LogP contribution in [0.4, 0.5) is 4.39 Å². The van der Waals surface area contributed by atoms with Crippen LogP contribution in [0, 0.1) is 17.7 Å². The second-order valence-electron chi connectivity index (χ2n) is 8.87. The first-order valence-electron chi connectivity index (χ1n) is 11.7. The first-order chi connectivity index (χ1) is 16.5. The number of piperidine rings is 1. The Kier molecular flexibility index (Phi) is 8.80. The Morgan fingerprint density at radius 1 is 1.35 bits per heavy atom. The number of pyridine rings is 1. The molecule has 8 heteroatoms. The van der Waals surface area contributed by atoms with E-state index < -0.39 is 5.97 Å². The third kappa shape index (κ3) is 6.49. The number of methoxy groups -OCH3 is 1. The zero-order chi connectivity index (χ0) is 23.9. The third-order valence-corrected chi connectivity index (χ3v) is 8.53. The molecule has 0 aliphatic carbocycles. The van der Waals surface area contributed by atoms with E-state index in [9.17, 15) is 14.3 Å². The fourth-order valence-electron chi connectivity index (χ4n) is 4.95. The Balaban J connectivity index is 1.34. The van der Waals surface area contributed by atoms with Crippen molar-refractivity contribution in [3.8, 4) is 5.75 Å². The third-order valence-electron chi connectivity index (χ3n) is 6.72. The molecule has 1 saturated heterocycles. The maximum atomic E-state index is 14.7. The number of benzene rings is 1. The number of carboxylic acids is 1. The number of halogens is 1. The second kappa shape index (κ2) is 12.0. The molecular formula is C26H31FN2O3S2. The fraction of sp³-hybridized carbons (Fsp3) is 0.462. The van der Waals surface area contributed by atoms with Crippen LogP contribution in [0.15, 0.2) is 46.1 Å². The molecule has 5 nitrogen and oxygen atoms in total. The predicted molar refractivity (Wildman–Crippen MR) is 137 cm³/mol. The van der Waals surface area contributed by atoms with Gasteiger partial charge in [0.2, 0.25) is 0 Å². The van der Waals surface area contributed by atoms with Crippen LogP contribution in [-0.4, -0.2) is 53.5 Å². The summed E-state index contributed by atoms with van der Waals surface area (Å²) in [6.45, 7) is 2.79. The molecule has 182 valence electrons. The van der Waals surface area contributed by atoms with Crippen LogP contribution in [-0.2, 0) is 11.2 Å². The number of thioether (sulfide) groups is 1. The standard InChI is InChI=1S/C26H31FN2O3S2/c1-32-20-5-6-25-23(14-20)22(24(27)15-28-25)4-2-3-18-7-9-29(16-19(18)13-26(30)31)10-12-34-21-8-11-33-17-21/h5-6,8,11,14-15,17-19H,2-4,7,9-10,12-13,16H2,1H3,(H,30,31). The number of aliphatic carboxylic acids is 1. The van der Waals surface area contributed by atoms with Gasteiger partial charge in [-0.3, -0.25) is 9.78 Å².